The molecular formula is C12H7N3O3. The number of hydrogen-bond acceptors (Lipinski definition) is 4. The van der Waals surface area contributed by atoms with E-state index in [1.165, 1.54) is 24.3 Å². The summed E-state index contributed by atoms with van der Waals surface area (Å²) in [5.74, 6) is 0. The van der Waals surface area contributed by atoms with Crippen LogP contribution in [0.1, 0.15) is 5.56 Å². The first-order chi connectivity index (χ1) is 8.61. The van der Waals surface area contributed by atoms with Crippen molar-refractivity contribution in [3.63, 3.8) is 0 Å². The summed E-state index contributed by atoms with van der Waals surface area (Å²) in [6, 6.07) is 10.6. The molecule has 0 fully saturated rings. The van der Waals surface area contributed by atoms with Gasteiger partial charge in [0.1, 0.15) is 11.6 Å². The number of nitrogens with zero attached hydrogens (tertiary/aromatic N) is 2. The van der Waals surface area contributed by atoms with Crippen LogP contribution in [0.15, 0.2) is 41.2 Å². The minimum absolute atomic E-state index is 0.00387. The third-order valence-electron chi connectivity index (χ3n) is 2.40. The van der Waals surface area contributed by atoms with E-state index in [1.807, 2.05) is 0 Å². The molecule has 18 heavy (non-hydrogen) atoms. The summed E-state index contributed by atoms with van der Waals surface area (Å²) in [4.78, 5) is 24.1. The molecule has 6 heteroatoms. The van der Waals surface area contributed by atoms with Crippen molar-refractivity contribution in [1.29, 1.82) is 5.26 Å². The quantitative estimate of drug-likeness (QED) is 0.640. The van der Waals surface area contributed by atoms with Gasteiger partial charge in [0.2, 0.25) is 0 Å². The number of benzene rings is 1. The normalized spacial score (nSPS) is 9.72. The predicted molar refractivity (Wildman–Crippen MR) is 63.9 cm³/mol. The topological polar surface area (TPSA) is 99.8 Å². The lowest BCUT2D eigenvalue weighted by atomic mass is 10.1. The molecular weight excluding hydrogens is 234 g/mol. The van der Waals surface area contributed by atoms with Crippen LogP contribution < -0.4 is 5.56 Å². The van der Waals surface area contributed by atoms with E-state index in [4.69, 9.17) is 5.26 Å². The molecule has 6 nitrogen and oxygen atoms in total. The van der Waals surface area contributed by atoms with Gasteiger partial charge in [-0.15, -0.1) is 0 Å². The van der Waals surface area contributed by atoms with E-state index in [1.54, 1.807) is 18.2 Å². The summed E-state index contributed by atoms with van der Waals surface area (Å²) >= 11 is 0. The van der Waals surface area contributed by atoms with Crippen molar-refractivity contribution in [2.45, 2.75) is 0 Å². The number of pyridine rings is 1. The number of aromatic amines is 1. The first-order valence-electron chi connectivity index (χ1n) is 5.00. The number of nitro groups is 1. The standard InChI is InChI=1S/C12H7N3O3/c13-7-9-4-5-11(14-12(9)16)8-2-1-3-10(6-8)15(17)18/h1-6H,(H,14,16). The maximum absolute atomic E-state index is 11.5. The van der Waals surface area contributed by atoms with Crippen LogP contribution >= 0.6 is 0 Å². The van der Waals surface area contributed by atoms with E-state index >= 15 is 0 Å². The Labute approximate surface area is 101 Å². The van der Waals surface area contributed by atoms with Gasteiger partial charge in [-0.1, -0.05) is 12.1 Å². The molecule has 1 aromatic heterocycles. The Morgan fingerprint density at radius 2 is 2.06 bits per heavy atom. The summed E-state index contributed by atoms with van der Waals surface area (Å²) in [5.41, 5.74) is 0.386. The third-order valence-corrected chi connectivity index (χ3v) is 2.40. The lowest BCUT2D eigenvalue weighted by Gasteiger charge is -2.01. The number of hydrogen-bond donors (Lipinski definition) is 1. The van der Waals surface area contributed by atoms with Crippen LogP contribution in [0.3, 0.4) is 0 Å². The fourth-order valence-electron chi connectivity index (χ4n) is 1.52. The Balaban J connectivity index is 2.53. The van der Waals surface area contributed by atoms with Gasteiger partial charge in [0, 0.05) is 23.4 Å². The Morgan fingerprint density at radius 3 is 2.67 bits per heavy atom. The second-order valence-corrected chi connectivity index (χ2v) is 3.53. The number of nitriles is 1. The van der Waals surface area contributed by atoms with Crippen molar-refractivity contribution in [1.82, 2.24) is 4.98 Å². The van der Waals surface area contributed by atoms with Gasteiger partial charge in [-0.05, 0) is 12.1 Å². The molecule has 88 valence electrons. The first kappa shape index (κ1) is 11.5. The number of nitro benzene ring substituents is 1. The lowest BCUT2D eigenvalue weighted by molar-refractivity contribution is -0.384. The Bertz CT molecular complexity index is 713. The van der Waals surface area contributed by atoms with E-state index in [0.717, 1.165) is 0 Å². The Morgan fingerprint density at radius 1 is 1.28 bits per heavy atom. The number of H-pyrrole nitrogens is 1. The van der Waals surface area contributed by atoms with Gasteiger partial charge >= 0.3 is 0 Å². The molecule has 0 unspecified atom stereocenters. The van der Waals surface area contributed by atoms with E-state index in [0.29, 0.717) is 11.3 Å². The zero-order chi connectivity index (χ0) is 13.1. The van der Waals surface area contributed by atoms with Crippen LogP contribution in [-0.4, -0.2) is 9.91 Å². The summed E-state index contributed by atoms with van der Waals surface area (Å²) in [6.07, 6.45) is 0. The molecule has 0 radical (unpaired) electrons. The number of nitrogens with one attached hydrogen (secondary N) is 1. The summed E-state index contributed by atoms with van der Waals surface area (Å²) in [6.45, 7) is 0. The summed E-state index contributed by atoms with van der Waals surface area (Å²) < 4.78 is 0. The second-order valence-electron chi connectivity index (χ2n) is 3.53. The van der Waals surface area contributed by atoms with Crippen LogP contribution in [0.25, 0.3) is 11.3 Å². The molecule has 0 saturated heterocycles. The van der Waals surface area contributed by atoms with Gasteiger partial charge in [0.15, 0.2) is 0 Å². The minimum Gasteiger partial charge on any atom is -0.321 e. The molecule has 0 spiro atoms. The van der Waals surface area contributed by atoms with E-state index in [9.17, 15) is 14.9 Å². The highest BCUT2D eigenvalue weighted by Gasteiger charge is 2.08. The van der Waals surface area contributed by atoms with E-state index < -0.39 is 10.5 Å². The van der Waals surface area contributed by atoms with Gasteiger partial charge < -0.3 is 4.98 Å². The average molecular weight is 241 g/mol. The second kappa shape index (κ2) is 4.51. The van der Waals surface area contributed by atoms with Crippen LogP contribution in [0.4, 0.5) is 5.69 Å². The van der Waals surface area contributed by atoms with Crippen molar-refractivity contribution >= 4 is 5.69 Å². The highest BCUT2D eigenvalue weighted by molar-refractivity contribution is 5.62. The molecule has 0 saturated carbocycles. The molecule has 2 rings (SSSR count). The van der Waals surface area contributed by atoms with E-state index in [-0.39, 0.29) is 11.3 Å². The largest absolute Gasteiger partial charge is 0.321 e. The molecule has 1 heterocycles. The summed E-state index contributed by atoms with van der Waals surface area (Å²) in [5, 5.41) is 19.3. The lowest BCUT2D eigenvalue weighted by Crippen LogP contribution is -2.10. The van der Waals surface area contributed by atoms with E-state index in [2.05, 4.69) is 4.98 Å². The number of rotatable bonds is 2. The van der Waals surface area contributed by atoms with Crippen LogP contribution in [-0.2, 0) is 0 Å². The predicted octanol–water partition coefficient (Wildman–Crippen LogP) is 1.82. The Kier molecular flexibility index (Phi) is 2.89. The van der Waals surface area contributed by atoms with Crippen LogP contribution in [0.2, 0.25) is 0 Å². The van der Waals surface area contributed by atoms with Crippen molar-refractivity contribution in [3.8, 4) is 17.3 Å². The summed E-state index contributed by atoms with van der Waals surface area (Å²) in [7, 11) is 0. The van der Waals surface area contributed by atoms with Gasteiger partial charge in [-0.25, -0.2) is 0 Å². The van der Waals surface area contributed by atoms with Gasteiger partial charge in [0.05, 0.1) is 4.92 Å². The smallest absolute Gasteiger partial charge is 0.270 e. The molecule has 2 aromatic rings. The van der Waals surface area contributed by atoms with Crippen molar-refractivity contribution in [2.75, 3.05) is 0 Å². The molecule has 0 aliphatic carbocycles. The highest BCUT2D eigenvalue weighted by Crippen LogP contribution is 2.21. The monoisotopic (exact) mass is 241 g/mol. The molecule has 0 aliphatic rings. The maximum atomic E-state index is 11.5. The zero-order valence-electron chi connectivity index (χ0n) is 9.08. The van der Waals surface area contributed by atoms with Crippen molar-refractivity contribution < 1.29 is 4.92 Å². The number of non-ortho nitro benzene ring substituents is 1. The molecule has 1 aromatic carbocycles. The number of aromatic nitrogens is 1. The van der Waals surface area contributed by atoms with Crippen LogP contribution in [0, 0.1) is 21.4 Å². The fraction of sp³-hybridized carbons (Fsp3) is 0. The first-order valence-corrected chi connectivity index (χ1v) is 5.00. The zero-order valence-corrected chi connectivity index (χ0v) is 9.08. The highest BCUT2D eigenvalue weighted by atomic mass is 16.6. The molecule has 0 aliphatic heterocycles. The third kappa shape index (κ3) is 2.10. The van der Waals surface area contributed by atoms with Gasteiger partial charge in [-0.3, -0.25) is 14.9 Å². The van der Waals surface area contributed by atoms with Gasteiger partial charge in [-0.2, -0.15) is 5.26 Å². The van der Waals surface area contributed by atoms with Crippen LogP contribution in [0.5, 0.6) is 0 Å². The fourth-order valence-corrected chi connectivity index (χ4v) is 1.52. The maximum Gasteiger partial charge on any atom is 0.270 e. The molecule has 0 atom stereocenters. The molecule has 1 N–H and O–H groups in total. The molecule has 0 amide bonds. The Hall–Kier alpha value is -2.94. The van der Waals surface area contributed by atoms with Gasteiger partial charge in [0.25, 0.3) is 11.2 Å². The minimum atomic E-state index is -0.512. The van der Waals surface area contributed by atoms with Crippen molar-refractivity contribution in [3.05, 3.63) is 62.4 Å². The average Bonchev–Trinajstić information content (AvgIpc) is 2.38. The molecule has 0 bridgehead atoms. The van der Waals surface area contributed by atoms with Crippen molar-refractivity contribution in [2.24, 2.45) is 0 Å². The SMILES string of the molecule is N#Cc1ccc(-c2cccc([N+](=O)[O-])c2)[nH]c1=O.